The second kappa shape index (κ2) is 8.13. The van der Waals surface area contributed by atoms with E-state index in [1.54, 1.807) is 31.4 Å². The number of nitrogens with one attached hydrogen (secondary N) is 1. The van der Waals surface area contributed by atoms with Crippen LogP contribution < -0.4 is 15.7 Å². The number of β-lactam (4-membered cyclic amide) rings is 1. The van der Waals surface area contributed by atoms with Gasteiger partial charge in [0.2, 0.25) is 5.95 Å². The molecule has 0 aliphatic carbocycles. The molecule has 0 radical (unpaired) electrons. The first-order valence-electron chi connectivity index (χ1n) is 9.40. The highest BCUT2D eigenvalue weighted by Gasteiger charge is 2.48. The Hall–Kier alpha value is -3.83. The summed E-state index contributed by atoms with van der Waals surface area (Å²) < 4.78 is 6.36. The Morgan fingerprint density at radius 3 is 2.42 bits per heavy atom. The number of nitrogens with zero attached hydrogens (tertiary/aromatic N) is 4. The van der Waals surface area contributed by atoms with Crippen molar-refractivity contribution in [3.63, 3.8) is 0 Å². The van der Waals surface area contributed by atoms with Crippen molar-refractivity contribution < 1.29 is 9.53 Å². The molecular formula is C22H18ClN5O3. The summed E-state index contributed by atoms with van der Waals surface area (Å²) in [7, 11) is 3.03. The van der Waals surface area contributed by atoms with Gasteiger partial charge in [-0.1, -0.05) is 30.3 Å². The first-order chi connectivity index (χ1) is 15.0. The maximum atomic E-state index is 12.8. The van der Waals surface area contributed by atoms with E-state index in [1.807, 2.05) is 36.4 Å². The predicted molar refractivity (Wildman–Crippen MR) is 115 cm³/mol. The Kier molecular flexibility index (Phi) is 5.36. The predicted octanol–water partition coefficient (Wildman–Crippen LogP) is 2.85. The first-order valence-corrected chi connectivity index (χ1v) is 9.84. The number of amides is 1. The molecule has 2 heterocycles. The van der Waals surface area contributed by atoms with Crippen molar-refractivity contribution in [1.82, 2.24) is 14.6 Å². The largest absolute Gasteiger partial charge is 0.497 e. The summed E-state index contributed by atoms with van der Waals surface area (Å²) in [6, 6.07) is 17.7. The average Bonchev–Trinajstić information content (AvgIpc) is 2.81. The number of alkyl halides is 1. The van der Waals surface area contributed by atoms with Crippen LogP contribution in [0.5, 0.6) is 5.75 Å². The summed E-state index contributed by atoms with van der Waals surface area (Å²) in [6.07, 6.45) is 0. The van der Waals surface area contributed by atoms with Crippen molar-refractivity contribution in [1.29, 1.82) is 5.26 Å². The molecule has 2 aromatic carbocycles. The molecule has 1 aromatic heterocycles. The van der Waals surface area contributed by atoms with Crippen molar-refractivity contribution in [2.75, 3.05) is 12.5 Å². The number of aromatic nitrogens is 2. The lowest BCUT2D eigenvalue weighted by Gasteiger charge is -2.44. The number of benzene rings is 2. The number of methoxy groups -OCH3 is 1. The fraction of sp³-hybridized carbons (Fsp3) is 0.182. The van der Waals surface area contributed by atoms with Crippen LogP contribution in [0.15, 0.2) is 59.4 Å². The summed E-state index contributed by atoms with van der Waals surface area (Å²) >= 11 is 6.26. The Bertz CT molecular complexity index is 1230. The Morgan fingerprint density at radius 1 is 1.13 bits per heavy atom. The molecule has 1 aliphatic heterocycles. The number of hydrogen-bond donors (Lipinski definition) is 1. The number of halogens is 1. The van der Waals surface area contributed by atoms with Crippen LogP contribution in [0.2, 0.25) is 0 Å². The van der Waals surface area contributed by atoms with Gasteiger partial charge in [0.15, 0.2) is 0 Å². The Labute approximate surface area is 183 Å². The van der Waals surface area contributed by atoms with E-state index in [4.69, 9.17) is 16.3 Å². The summed E-state index contributed by atoms with van der Waals surface area (Å²) in [6.45, 7) is 0. The third kappa shape index (κ3) is 3.49. The van der Waals surface area contributed by atoms with Crippen LogP contribution in [0.3, 0.4) is 0 Å². The van der Waals surface area contributed by atoms with Crippen molar-refractivity contribution in [2.24, 2.45) is 7.05 Å². The SMILES string of the molecule is COc1ccc(-c2nc(NN3C(=O)C(Cl)C3c3ccccc3)n(C)c(=O)c2C#N)cc1. The second-order valence-corrected chi connectivity index (χ2v) is 7.41. The highest BCUT2D eigenvalue weighted by Crippen LogP contribution is 2.38. The van der Waals surface area contributed by atoms with Crippen LogP contribution in [-0.4, -0.2) is 33.0 Å². The van der Waals surface area contributed by atoms with E-state index in [0.717, 1.165) is 5.56 Å². The molecule has 1 N–H and O–H groups in total. The molecule has 1 aliphatic rings. The number of anilines is 1. The molecule has 8 nitrogen and oxygen atoms in total. The molecule has 2 unspecified atom stereocenters. The highest BCUT2D eigenvalue weighted by atomic mass is 35.5. The molecule has 2 atom stereocenters. The summed E-state index contributed by atoms with van der Waals surface area (Å²) in [4.78, 5) is 29.8. The molecule has 1 amide bonds. The fourth-order valence-corrected chi connectivity index (χ4v) is 3.78. The van der Waals surface area contributed by atoms with E-state index in [-0.39, 0.29) is 23.1 Å². The maximum absolute atomic E-state index is 12.8. The van der Waals surface area contributed by atoms with Gasteiger partial charge in [-0.25, -0.2) is 9.99 Å². The zero-order valence-electron chi connectivity index (χ0n) is 16.7. The van der Waals surface area contributed by atoms with E-state index in [2.05, 4.69) is 10.4 Å². The fourth-order valence-electron chi connectivity index (χ4n) is 3.41. The van der Waals surface area contributed by atoms with Crippen LogP contribution in [0.4, 0.5) is 5.95 Å². The van der Waals surface area contributed by atoms with Gasteiger partial charge in [0, 0.05) is 12.6 Å². The smallest absolute Gasteiger partial charge is 0.273 e. The molecule has 0 spiro atoms. The third-order valence-corrected chi connectivity index (χ3v) is 5.58. The van der Waals surface area contributed by atoms with Gasteiger partial charge in [-0.3, -0.25) is 19.6 Å². The lowest BCUT2D eigenvalue weighted by molar-refractivity contribution is -0.143. The van der Waals surface area contributed by atoms with Gasteiger partial charge < -0.3 is 4.74 Å². The van der Waals surface area contributed by atoms with Gasteiger partial charge in [0.05, 0.1) is 12.8 Å². The quantitative estimate of drug-likeness (QED) is 0.488. The number of carbonyl (C=O) groups excluding carboxylic acids is 1. The number of carbonyl (C=O) groups is 1. The molecule has 9 heteroatoms. The van der Waals surface area contributed by atoms with Crippen LogP contribution in [0.1, 0.15) is 17.2 Å². The summed E-state index contributed by atoms with van der Waals surface area (Å²) in [5.41, 5.74) is 3.93. The zero-order valence-corrected chi connectivity index (χ0v) is 17.5. The monoisotopic (exact) mass is 435 g/mol. The molecule has 1 fully saturated rings. The van der Waals surface area contributed by atoms with E-state index in [0.29, 0.717) is 11.3 Å². The van der Waals surface area contributed by atoms with Gasteiger partial charge >= 0.3 is 0 Å². The van der Waals surface area contributed by atoms with E-state index >= 15 is 0 Å². The van der Waals surface area contributed by atoms with Crippen molar-refractivity contribution in [3.8, 4) is 23.1 Å². The Balaban J connectivity index is 1.75. The van der Waals surface area contributed by atoms with Crippen LogP contribution in [0, 0.1) is 11.3 Å². The van der Waals surface area contributed by atoms with Gasteiger partial charge in [0.25, 0.3) is 11.5 Å². The van der Waals surface area contributed by atoms with Crippen LogP contribution in [0.25, 0.3) is 11.3 Å². The highest BCUT2D eigenvalue weighted by molar-refractivity contribution is 6.33. The van der Waals surface area contributed by atoms with Gasteiger partial charge in [-0.15, -0.1) is 11.6 Å². The first kappa shape index (κ1) is 20.4. The summed E-state index contributed by atoms with van der Waals surface area (Å²) in [5, 5.41) is 10.2. The molecule has 1 saturated heterocycles. The van der Waals surface area contributed by atoms with Gasteiger partial charge in [-0.2, -0.15) is 5.26 Å². The minimum atomic E-state index is -0.730. The average molecular weight is 436 g/mol. The van der Waals surface area contributed by atoms with E-state index < -0.39 is 17.0 Å². The zero-order chi connectivity index (χ0) is 22.1. The molecule has 4 rings (SSSR count). The number of hydrogen-bond acceptors (Lipinski definition) is 6. The third-order valence-electron chi connectivity index (χ3n) is 5.16. The number of nitriles is 1. The molecule has 3 aromatic rings. The molecular weight excluding hydrogens is 418 g/mol. The summed E-state index contributed by atoms with van der Waals surface area (Å²) in [5.74, 6) is 0.419. The normalized spacial score (nSPS) is 17.6. The van der Waals surface area contributed by atoms with Crippen molar-refractivity contribution in [3.05, 3.63) is 76.1 Å². The van der Waals surface area contributed by atoms with Crippen LogP contribution in [-0.2, 0) is 11.8 Å². The second-order valence-electron chi connectivity index (χ2n) is 6.94. The molecule has 0 bridgehead atoms. The molecule has 0 saturated carbocycles. The topological polar surface area (TPSA) is 100 Å². The minimum absolute atomic E-state index is 0.0945. The van der Waals surface area contributed by atoms with E-state index in [1.165, 1.54) is 16.6 Å². The van der Waals surface area contributed by atoms with Crippen LogP contribution >= 0.6 is 11.6 Å². The van der Waals surface area contributed by atoms with Crippen molar-refractivity contribution in [2.45, 2.75) is 11.4 Å². The lowest BCUT2D eigenvalue weighted by atomic mass is 9.95. The Morgan fingerprint density at radius 2 is 1.81 bits per heavy atom. The van der Waals surface area contributed by atoms with Gasteiger partial charge in [0.1, 0.15) is 28.8 Å². The molecule has 156 valence electrons. The standard InChI is InChI=1S/C22H18ClN5O3/c1-27-20(29)16(12-24)18(13-8-10-15(31-2)11-9-13)25-22(27)26-28-19(17(23)21(28)30)14-6-4-3-5-7-14/h3-11,17,19H,1-2H3,(H,25,26). The minimum Gasteiger partial charge on any atom is -0.497 e. The number of ether oxygens (including phenoxy) is 1. The number of rotatable bonds is 5. The number of hydrazine groups is 1. The van der Waals surface area contributed by atoms with E-state index in [9.17, 15) is 14.9 Å². The van der Waals surface area contributed by atoms with Crippen molar-refractivity contribution >= 4 is 23.5 Å². The maximum Gasteiger partial charge on any atom is 0.273 e. The van der Waals surface area contributed by atoms with Gasteiger partial charge in [-0.05, 0) is 29.8 Å². The molecule has 31 heavy (non-hydrogen) atoms. The lowest BCUT2D eigenvalue weighted by Crippen LogP contribution is -2.59.